The normalized spacial score (nSPS) is 21.0. The van der Waals surface area contributed by atoms with Gasteiger partial charge in [-0.15, -0.1) is 0 Å². The molecule has 0 spiro atoms. The van der Waals surface area contributed by atoms with Crippen LogP contribution >= 0.6 is 0 Å². The van der Waals surface area contributed by atoms with E-state index in [0.29, 0.717) is 23.7 Å². The molecule has 1 saturated carbocycles. The summed E-state index contributed by atoms with van der Waals surface area (Å²) in [6.07, 6.45) is 3.00. The van der Waals surface area contributed by atoms with Crippen LogP contribution in [0.5, 0.6) is 0 Å². The highest BCUT2D eigenvalue weighted by Crippen LogP contribution is 2.33. The Morgan fingerprint density at radius 2 is 2.21 bits per heavy atom. The Kier molecular flexibility index (Phi) is 4.40. The maximum absolute atomic E-state index is 13.8. The Bertz CT molecular complexity index is 461. The first kappa shape index (κ1) is 13.8. The van der Waals surface area contributed by atoms with Gasteiger partial charge < -0.3 is 10.6 Å². The number of benzene rings is 1. The third kappa shape index (κ3) is 3.25. The van der Waals surface area contributed by atoms with Crippen molar-refractivity contribution in [3.05, 3.63) is 29.6 Å². The zero-order valence-electron chi connectivity index (χ0n) is 11.5. The second-order valence-corrected chi connectivity index (χ2v) is 5.07. The van der Waals surface area contributed by atoms with Gasteiger partial charge in [-0.05, 0) is 30.9 Å². The molecule has 0 heterocycles. The van der Waals surface area contributed by atoms with Crippen molar-refractivity contribution in [2.75, 3.05) is 11.9 Å². The predicted octanol–water partition coefficient (Wildman–Crippen LogP) is 3.18. The lowest BCUT2D eigenvalue weighted by atomic mass is 10.1. The van der Waals surface area contributed by atoms with Crippen LogP contribution in [0.4, 0.5) is 10.1 Å². The third-order valence-electron chi connectivity index (χ3n) is 3.57. The molecule has 0 aliphatic heterocycles. The van der Waals surface area contributed by atoms with E-state index in [-0.39, 0.29) is 17.8 Å². The van der Waals surface area contributed by atoms with Gasteiger partial charge >= 0.3 is 0 Å². The number of hydrogen-bond donors (Lipinski definition) is 2. The van der Waals surface area contributed by atoms with Crippen LogP contribution in [0.1, 0.15) is 43.5 Å². The summed E-state index contributed by atoms with van der Waals surface area (Å²) >= 11 is 0. The molecule has 1 aromatic carbocycles. The standard InChI is InChI=1S/C15H21FN2O/c1-3-8-17-14-11(6-5-7-12(14)16)15(19)18-13-9-10(13)4-2/h5-7,10,13,17H,3-4,8-9H2,1-2H3,(H,18,19). The number of halogens is 1. The van der Waals surface area contributed by atoms with Crippen molar-refractivity contribution in [1.29, 1.82) is 0 Å². The minimum absolute atomic E-state index is 0.181. The molecule has 3 nitrogen and oxygen atoms in total. The molecule has 0 bridgehead atoms. The molecule has 104 valence electrons. The van der Waals surface area contributed by atoms with Gasteiger partial charge in [0.25, 0.3) is 5.91 Å². The first-order chi connectivity index (χ1) is 9.17. The van der Waals surface area contributed by atoms with Crippen LogP contribution < -0.4 is 10.6 Å². The molecule has 2 unspecified atom stereocenters. The molecule has 19 heavy (non-hydrogen) atoms. The third-order valence-corrected chi connectivity index (χ3v) is 3.57. The fourth-order valence-corrected chi connectivity index (χ4v) is 2.26. The molecule has 1 aromatic rings. The highest BCUT2D eigenvalue weighted by atomic mass is 19.1. The van der Waals surface area contributed by atoms with Crippen LogP contribution in [-0.4, -0.2) is 18.5 Å². The lowest BCUT2D eigenvalue weighted by Gasteiger charge is -2.12. The summed E-state index contributed by atoms with van der Waals surface area (Å²) in [5.74, 6) is 0.0348. The largest absolute Gasteiger partial charge is 0.382 e. The summed E-state index contributed by atoms with van der Waals surface area (Å²) in [5, 5.41) is 5.96. The van der Waals surface area contributed by atoms with Crippen molar-refractivity contribution in [3.8, 4) is 0 Å². The van der Waals surface area contributed by atoms with Gasteiger partial charge in [0, 0.05) is 12.6 Å². The number of hydrogen-bond acceptors (Lipinski definition) is 2. The zero-order chi connectivity index (χ0) is 13.8. The Balaban J connectivity index is 2.09. The van der Waals surface area contributed by atoms with Gasteiger partial charge in [-0.1, -0.05) is 26.3 Å². The van der Waals surface area contributed by atoms with Crippen molar-refractivity contribution in [1.82, 2.24) is 5.32 Å². The van der Waals surface area contributed by atoms with E-state index in [1.54, 1.807) is 12.1 Å². The van der Waals surface area contributed by atoms with Crippen molar-refractivity contribution in [3.63, 3.8) is 0 Å². The molecule has 0 radical (unpaired) electrons. The molecular weight excluding hydrogens is 243 g/mol. The van der Waals surface area contributed by atoms with Crippen LogP contribution in [0.15, 0.2) is 18.2 Å². The fourth-order valence-electron chi connectivity index (χ4n) is 2.26. The number of carbonyl (C=O) groups is 1. The molecule has 1 aliphatic carbocycles. The van der Waals surface area contributed by atoms with E-state index in [0.717, 1.165) is 19.3 Å². The molecule has 2 atom stereocenters. The topological polar surface area (TPSA) is 41.1 Å². The highest BCUT2D eigenvalue weighted by molar-refractivity contribution is 6.00. The average molecular weight is 264 g/mol. The van der Waals surface area contributed by atoms with Crippen molar-refractivity contribution in [2.24, 2.45) is 5.92 Å². The van der Waals surface area contributed by atoms with Gasteiger partial charge in [0.1, 0.15) is 5.82 Å². The minimum Gasteiger partial charge on any atom is -0.382 e. The van der Waals surface area contributed by atoms with Gasteiger partial charge in [-0.3, -0.25) is 4.79 Å². The quantitative estimate of drug-likeness (QED) is 0.828. The van der Waals surface area contributed by atoms with E-state index in [1.165, 1.54) is 6.07 Å². The van der Waals surface area contributed by atoms with E-state index in [2.05, 4.69) is 17.6 Å². The van der Waals surface area contributed by atoms with Gasteiger partial charge in [0.05, 0.1) is 11.3 Å². The predicted molar refractivity (Wildman–Crippen MR) is 74.8 cm³/mol. The van der Waals surface area contributed by atoms with Crippen molar-refractivity contribution in [2.45, 2.75) is 39.2 Å². The van der Waals surface area contributed by atoms with Crippen LogP contribution in [0, 0.1) is 11.7 Å². The Labute approximate surface area is 113 Å². The number of para-hydroxylation sites is 1. The van der Waals surface area contributed by atoms with E-state index in [4.69, 9.17) is 0 Å². The van der Waals surface area contributed by atoms with Crippen LogP contribution in [0.2, 0.25) is 0 Å². The fraction of sp³-hybridized carbons (Fsp3) is 0.533. The number of amides is 1. The second kappa shape index (κ2) is 6.04. The summed E-state index contributed by atoms with van der Waals surface area (Å²) in [7, 11) is 0. The maximum atomic E-state index is 13.8. The van der Waals surface area contributed by atoms with Crippen LogP contribution in [-0.2, 0) is 0 Å². The zero-order valence-corrected chi connectivity index (χ0v) is 11.5. The Morgan fingerprint density at radius 3 is 2.84 bits per heavy atom. The molecule has 1 aliphatic rings. The number of carbonyl (C=O) groups excluding carboxylic acids is 1. The Hall–Kier alpha value is -1.58. The molecule has 2 N–H and O–H groups in total. The lowest BCUT2D eigenvalue weighted by molar-refractivity contribution is 0.0949. The molecule has 0 saturated heterocycles. The lowest BCUT2D eigenvalue weighted by Crippen LogP contribution is -2.28. The summed E-state index contributed by atoms with van der Waals surface area (Å²) in [4.78, 5) is 12.2. The van der Waals surface area contributed by atoms with Gasteiger partial charge in [-0.2, -0.15) is 0 Å². The van der Waals surface area contributed by atoms with Crippen LogP contribution in [0.25, 0.3) is 0 Å². The average Bonchev–Trinajstić information content (AvgIpc) is 3.15. The second-order valence-electron chi connectivity index (χ2n) is 5.07. The number of anilines is 1. The number of rotatable bonds is 6. The molecular formula is C15H21FN2O. The Morgan fingerprint density at radius 1 is 1.42 bits per heavy atom. The maximum Gasteiger partial charge on any atom is 0.253 e. The first-order valence-corrected chi connectivity index (χ1v) is 7.00. The first-order valence-electron chi connectivity index (χ1n) is 7.00. The SMILES string of the molecule is CCCNc1c(F)cccc1C(=O)NC1CC1CC. The molecule has 0 aromatic heterocycles. The van der Waals surface area contributed by atoms with E-state index < -0.39 is 0 Å². The molecule has 2 rings (SSSR count). The summed E-state index contributed by atoms with van der Waals surface area (Å²) in [5.41, 5.74) is 0.714. The highest BCUT2D eigenvalue weighted by Gasteiger charge is 2.36. The van der Waals surface area contributed by atoms with E-state index in [9.17, 15) is 9.18 Å². The van der Waals surface area contributed by atoms with E-state index >= 15 is 0 Å². The molecule has 1 amide bonds. The number of nitrogens with one attached hydrogen (secondary N) is 2. The summed E-state index contributed by atoms with van der Waals surface area (Å²) in [6, 6.07) is 4.88. The minimum atomic E-state index is -0.371. The van der Waals surface area contributed by atoms with E-state index in [1.807, 2.05) is 6.92 Å². The summed E-state index contributed by atoms with van der Waals surface area (Å²) in [6.45, 7) is 4.78. The summed E-state index contributed by atoms with van der Waals surface area (Å²) < 4.78 is 13.8. The van der Waals surface area contributed by atoms with Crippen molar-refractivity contribution < 1.29 is 9.18 Å². The van der Waals surface area contributed by atoms with Gasteiger partial charge in [0.2, 0.25) is 0 Å². The molecule has 4 heteroatoms. The van der Waals surface area contributed by atoms with Crippen molar-refractivity contribution >= 4 is 11.6 Å². The van der Waals surface area contributed by atoms with Crippen LogP contribution in [0.3, 0.4) is 0 Å². The molecule has 1 fully saturated rings. The van der Waals surface area contributed by atoms with Gasteiger partial charge in [-0.25, -0.2) is 4.39 Å². The van der Waals surface area contributed by atoms with Gasteiger partial charge in [0.15, 0.2) is 0 Å². The monoisotopic (exact) mass is 264 g/mol. The smallest absolute Gasteiger partial charge is 0.253 e.